The summed E-state index contributed by atoms with van der Waals surface area (Å²) in [4.78, 5) is 16.5. The van der Waals surface area contributed by atoms with Crippen LogP contribution in [0.2, 0.25) is 0 Å². The Kier molecular flexibility index (Phi) is 3.83. The van der Waals surface area contributed by atoms with Crippen LogP contribution >= 0.6 is 0 Å². The molecule has 1 aliphatic heterocycles. The molecular weight excluding hydrogens is 240 g/mol. The summed E-state index contributed by atoms with van der Waals surface area (Å²) >= 11 is 0. The van der Waals surface area contributed by atoms with E-state index in [-0.39, 0.29) is 11.6 Å². The van der Waals surface area contributed by atoms with Gasteiger partial charge in [0.2, 0.25) is 0 Å². The van der Waals surface area contributed by atoms with Crippen molar-refractivity contribution in [3.05, 3.63) is 0 Å². The van der Waals surface area contributed by atoms with E-state index in [1.165, 1.54) is 19.3 Å². The monoisotopic (exact) mass is 268 g/mol. The third-order valence-electron chi connectivity index (χ3n) is 4.58. The maximum atomic E-state index is 12.1. The Labute approximate surface area is 117 Å². The van der Waals surface area contributed by atoms with E-state index >= 15 is 0 Å². The highest BCUT2D eigenvalue weighted by Gasteiger charge is 2.43. The van der Waals surface area contributed by atoms with Gasteiger partial charge >= 0.3 is 6.09 Å². The van der Waals surface area contributed by atoms with E-state index in [4.69, 9.17) is 4.74 Å². The summed E-state index contributed by atoms with van der Waals surface area (Å²) in [6.45, 7) is 9.62. The fourth-order valence-electron chi connectivity index (χ4n) is 2.93. The Morgan fingerprint density at radius 2 is 2.00 bits per heavy atom. The van der Waals surface area contributed by atoms with E-state index in [0.29, 0.717) is 6.04 Å². The van der Waals surface area contributed by atoms with Gasteiger partial charge in [-0.1, -0.05) is 6.42 Å². The van der Waals surface area contributed by atoms with Gasteiger partial charge in [-0.2, -0.15) is 0 Å². The first-order valence-corrected chi connectivity index (χ1v) is 7.42. The predicted octanol–water partition coefficient (Wildman–Crippen LogP) is 2.87. The highest BCUT2D eigenvalue weighted by molar-refractivity contribution is 5.68. The molecule has 0 aromatic carbocycles. The van der Waals surface area contributed by atoms with Gasteiger partial charge in [0.25, 0.3) is 0 Å². The Morgan fingerprint density at radius 3 is 2.47 bits per heavy atom. The topological polar surface area (TPSA) is 32.8 Å². The van der Waals surface area contributed by atoms with Crippen molar-refractivity contribution in [3.8, 4) is 0 Å². The summed E-state index contributed by atoms with van der Waals surface area (Å²) < 4.78 is 5.46. The zero-order valence-electron chi connectivity index (χ0n) is 13.0. The second-order valence-corrected chi connectivity index (χ2v) is 7.34. The fraction of sp³-hybridized carbons (Fsp3) is 0.933. The van der Waals surface area contributed by atoms with Gasteiger partial charge in [0.15, 0.2) is 0 Å². The largest absolute Gasteiger partial charge is 0.444 e. The average Bonchev–Trinajstić information content (AvgIpc) is 2.57. The summed E-state index contributed by atoms with van der Waals surface area (Å²) in [5.41, 5.74) is -0.294. The maximum absolute atomic E-state index is 12.1. The number of hydrogen-bond donors (Lipinski definition) is 0. The van der Waals surface area contributed by atoms with Crippen LogP contribution in [0, 0.1) is 0 Å². The van der Waals surface area contributed by atoms with Crippen LogP contribution in [-0.4, -0.2) is 53.2 Å². The molecule has 0 radical (unpaired) electrons. The molecule has 0 aromatic rings. The smallest absolute Gasteiger partial charge is 0.410 e. The van der Waals surface area contributed by atoms with Crippen molar-refractivity contribution in [1.82, 2.24) is 9.80 Å². The molecular formula is C15H28N2O2. The van der Waals surface area contributed by atoms with Crippen LogP contribution in [0.15, 0.2) is 0 Å². The van der Waals surface area contributed by atoms with Crippen LogP contribution in [0.4, 0.5) is 4.79 Å². The lowest BCUT2D eigenvalue weighted by atomic mass is 9.87. The van der Waals surface area contributed by atoms with E-state index in [1.54, 1.807) is 0 Å². The van der Waals surface area contributed by atoms with Crippen LogP contribution in [0.25, 0.3) is 0 Å². The highest BCUT2D eigenvalue weighted by atomic mass is 16.6. The van der Waals surface area contributed by atoms with Gasteiger partial charge in [-0.25, -0.2) is 4.79 Å². The molecule has 0 unspecified atom stereocenters. The summed E-state index contributed by atoms with van der Waals surface area (Å²) in [6.07, 6.45) is 4.83. The van der Waals surface area contributed by atoms with Gasteiger partial charge in [-0.3, -0.25) is 4.90 Å². The predicted molar refractivity (Wildman–Crippen MR) is 76.2 cm³/mol. The Balaban J connectivity index is 1.93. The molecule has 0 aromatic heterocycles. The number of rotatable bonds is 2. The lowest BCUT2D eigenvalue weighted by molar-refractivity contribution is 0.0191. The van der Waals surface area contributed by atoms with E-state index in [2.05, 4.69) is 18.9 Å². The van der Waals surface area contributed by atoms with Crippen molar-refractivity contribution in [1.29, 1.82) is 0 Å². The van der Waals surface area contributed by atoms with Crippen molar-refractivity contribution < 1.29 is 9.53 Å². The van der Waals surface area contributed by atoms with Gasteiger partial charge in [0.05, 0.1) is 0 Å². The first-order valence-electron chi connectivity index (χ1n) is 7.42. The minimum Gasteiger partial charge on any atom is -0.444 e. The number of hydrogen-bond acceptors (Lipinski definition) is 3. The van der Waals surface area contributed by atoms with E-state index in [0.717, 1.165) is 19.5 Å². The number of amides is 1. The van der Waals surface area contributed by atoms with Crippen LogP contribution in [0.5, 0.6) is 0 Å². The van der Waals surface area contributed by atoms with Crippen LogP contribution < -0.4 is 0 Å². The van der Waals surface area contributed by atoms with Crippen molar-refractivity contribution in [2.24, 2.45) is 0 Å². The third kappa shape index (κ3) is 3.22. The normalized spacial score (nSPS) is 28.6. The van der Waals surface area contributed by atoms with Gasteiger partial charge in [-0.15, -0.1) is 0 Å². The first-order chi connectivity index (χ1) is 8.71. The number of carbonyl (C=O) groups excluding carboxylic acids is 1. The third-order valence-corrected chi connectivity index (χ3v) is 4.58. The molecule has 1 atom stereocenters. The molecule has 1 saturated heterocycles. The Hall–Kier alpha value is -0.770. The Bertz CT molecular complexity index is 347. The number of carbonyl (C=O) groups is 1. The average molecular weight is 268 g/mol. The molecule has 1 heterocycles. The zero-order chi connectivity index (χ0) is 14.3. The number of nitrogens with zero attached hydrogens (tertiary/aromatic N) is 2. The summed E-state index contributed by atoms with van der Waals surface area (Å²) in [6, 6.07) is 0.712. The van der Waals surface area contributed by atoms with Gasteiger partial charge < -0.3 is 9.64 Å². The van der Waals surface area contributed by atoms with Crippen LogP contribution in [0.3, 0.4) is 0 Å². The quantitative estimate of drug-likeness (QED) is 0.772. The molecule has 19 heavy (non-hydrogen) atoms. The van der Waals surface area contributed by atoms with Crippen molar-refractivity contribution >= 4 is 6.09 Å². The van der Waals surface area contributed by atoms with Crippen molar-refractivity contribution in [3.63, 3.8) is 0 Å². The van der Waals surface area contributed by atoms with Gasteiger partial charge in [0.1, 0.15) is 5.60 Å². The molecule has 2 rings (SSSR count). The minimum atomic E-state index is -0.407. The zero-order valence-corrected chi connectivity index (χ0v) is 13.0. The fourth-order valence-corrected chi connectivity index (χ4v) is 2.93. The van der Waals surface area contributed by atoms with Gasteiger partial charge in [-0.05, 0) is 54.0 Å². The number of ether oxygens (including phenoxy) is 1. The van der Waals surface area contributed by atoms with Crippen molar-refractivity contribution in [2.45, 2.75) is 70.6 Å². The lowest BCUT2D eigenvalue weighted by Gasteiger charge is -2.45. The van der Waals surface area contributed by atoms with Gasteiger partial charge in [0, 0.05) is 24.7 Å². The Morgan fingerprint density at radius 1 is 1.37 bits per heavy atom. The molecule has 1 amide bonds. The molecule has 2 fully saturated rings. The molecule has 2 aliphatic rings. The summed E-state index contributed by atoms with van der Waals surface area (Å²) in [5, 5.41) is 0. The van der Waals surface area contributed by atoms with E-state index in [9.17, 15) is 4.79 Å². The highest BCUT2D eigenvalue weighted by Crippen LogP contribution is 2.34. The second-order valence-electron chi connectivity index (χ2n) is 7.34. The molecule has 4 nitrogen and oxygen atoms in total. The summed E-state index contributed by atoms with van der Waals surface area (Å²) in [5.74, 6) is 0. The van der Waals surface area contributed by atoms with Crippen LogP contribution in [-0.2, 0) is 4.74 Å². The molecule has 4 heteroatoms. The first kappa shape index (κ1) is 14.6. The lowest BCUT2D eigenvalue weighted by Crippen LogP contribution is -2.53. The summed E-state index contributed by atoms with van der Waals surface area (Å²) in [7, 11) is 2.21. The standard InChI is InChI=1S/C15H28N2O2/c1-14(2,3)19-13(18)17-10-9-15(4,11-17)16(5)12-7-6-8-12/h12H,6-11H2,1-5H3/t15-/m1/s1. The molecule has 0 spiro atoms. The van der Waals surface area contributed by atoms with Crippen molar-refractivity contribution in [2.75, 3.05) is 20.1 Å². The van der Waals surface area contributed by atoms with Crippen LogP contribution in [0.1, 0.15) is 53.4 Å². The molecule has 1 saturated carbocycles. The second kappa shape index (κ2) is 4.97. The maximum Gasteiger partial charge on any atom is 0.410 e. The number of likely N-dealkylation sites (tertiary alicyclic amines) is 1. The minimum absolute atomic E-state index is 0.113. The molecule has 110 valence electrons. The SMILES string of the molecule is CN(C1CCC1)[C@]1(C)CCN(C(=O)OC(C)(C)C)C1. The number of likely N-dealkylation sites (N-methyl/N-ethyl adjacent to an activating group) is 1. The van der Waals surface area contributed by atoms with E-state index in [1.807, 2.05) is 25.7 Å². The molecule has 0 N–H and O–H groups in total. The molecule has 1 aliphatic carbocycles. The molecule has 0 bridgehead atoms. The van der Waals surface area contributed by atoms with E-state index < -0.39 is 5.60 Å².